The first-order valence-corrected chi connectivity index (χ1v) is 6.89. The first-order chi connectivity index (χ1) is 7.23. The van der Waals surface area contributed by atoms with Gasteiger partial charge >= 0.3 is 0 Å². The molecule has 1 nitrogen and oxygen atoms in total. The highest BCUT2D eigenvalue weighted by Crippen LogP contribution is 2.70. The van der Waals surface area contributed by atoms with E-state index in [0.717, 1.165) is 35.0 Å². The van der Waals surface area contributed by atoms with E-state index in [1.807, 2.05) is 0 Å². The molecule has 2 heterocycles. The fraction of sp³-hybridized carbons (Fsp3) is 1.00. The molecule has 4 unspecified atom stereocenters. The lowest BCUT2D eigenvalue weighted by atomic mass is 9.38. The third kappa shape index (κ3) is 0.769. The summed E-state index contributed by atoms with van der Waals surface area (Å²) in [7, 11) is 0. The number of rotatable bonds is 0. The molecule has 5 aliphatic carbocycles. The van der Waals surface area contributed by atoms with Crippen molar-refractivity contribution in [1.29, 1.82) is 0 Å². The Hall–Kier alpha value is -0.0400. The molecular formula is C14H20O. The average molecular weight is 204 g/mol. The Bertz CT molecular complexity index is 274. The van der Waals surface area contributed by atoms with Crippen LogP contribution in [0.5, 0.6) is 0 Å². The van der Waals surface area contributed by atoms with Crippen LogP contribution >= 0.6 is 0 Å². The van der Waals surface area contributed by atoms with E-state index in [-0.39, 0.29) is 0 Å². The van der Waals surface area contributed by atoms with Gasteiger partial charge in [0.15, 0.2) is 0 Å². The van der Waals surface area contributed by atoms with E-state index in [0.29, 0.717) is 12.2 Å². The van der Waals surface area contributed by atoms with Crippen LogP contribution in [-0.4, -0.2) is 12.2 Å². The first kappa shape index (κ1) is 8.11. The van der Waals surface area contributed by atoms with Gasteiger partial charge in [-0.15, -0.1) is 0 Å². The van der Waals surface area contributed by atoms with E-state index < -0.39 is 0 Å². The third-order valence-electron chi connectivity index (χ3n) is 6.65. The summed E-state index contributed by atoms with van der Waals surface area (Å²) in [4.78, 5) is 0. The lowest BCUT2D eigenvalue weighted by molar-refractivity contribution is -0.302. The summed E-state index contributed by atoms with van der Waals surface area (Å²) in [5.41, 5.74) is 0.719. The Morgan fingerprint density at radius 2 is 1.47 bits per heavy atom. The Labute approximate surface area is 91.6 Å². The van der Waals surface area contributed by atoms with Gasteiger partial charge in [0, 0.05) is 0 Å². The van der Waals surface area contributed by atoms with E-state index >= 15 is 0 Å². The largest absolute Gasteiger partial charge is 0.374 e. The molecule has 0 amide bonds. The van der Waals surface area contributed by atoms with Gasteiger partial charge in [-0.25, -0.2) is 0 Å². The molecule has 2 aliphatic heterocycles. The van der Waals surface area contributed by atoms with E-state index in [1.165, 1.54) is 25.7 Å². The standard InChI is InChI=1S/C14H20O/c1-14-4-10-8-2-7-3-9(10)12(6-14)13(15-7)11(8)5-14/h7-13H,2-6H2,1H3. The minimum Gasteiger partial charge on any atom is -0.374 e. The van der Waals surface area contributed by atoms with Crippen LogP contribution in [0.15, 0.2) is 0 Å². The smallest absolute Gasteiger partial charge is 0.0641 e. The van der Waals surface area contributed by atoms with E-state index in [1.54, 1.807) is 6.42 Å². The van der Waals surface area contributed by atoms with E-state index in [2.05, 4.69) is 6.92 Å². The number of hydrogen-bond acceptors (Lipinski definition) is 1. The molecule has 7 rings (SSSR count). The molecule has 1 heteroatoms. The molecule has 0 spiro atoms. The summed E-state index contributed by atoms with van der Waals surface area (Å²) in [6.45, 7) is 2.56. The van der Waals surface area contributed by atoms with Crippen LogP contribution in [0.2, 0.25) is 0 Å². The summed E-state index contributed by atoms with van der Waals surface area (Å²) in [5, 5.41) is 0. The van der Waals surface area contributed by atoms with Gasteiger partial charge in [0.05, 0.1) is 12.2 Å². The molecule has 0 radical (unpaired) electrons. The van der Waals surface area contributed by atoms with Gasteiger partial charge < -0.3 is 4.74 Å². The molecule has 0 N–H and O–H groups in total. The molecule has 7 aliphatic rings. The Balaban J connectivity index is 1.69. The van der Waals surface area contributed by atoms with Gasteiger partial charge in [0.1, 0.15) is 0 Å². The van der Waals surface area contributed by atoms with Gasteiger partial charge in [0.2, 0.25) is 0 Å². The second kappa shape index (κ2) is 2.16. The Kier molecular flexibility index (Phi) is 1.17. The maximum absolute atomic E-state index is 6.30. The van der Waals surface area contributed by atoms with Gasteiger partial charge in [0.25, 0.3) is 0 Å². The Morgan fingerprint density at radius 3 is 2.13 bits per heavy atom. The predicted molar refractivity (Wildman–Crippen MR) is 57.3 cm³/mol. The number of hydrogen-bond donors (Lipinski definition) is 0. The maximum Gasteiger partial charge on any atom is 0.0641 e. The maximum atomic E-state index is 6.30. The van der Waals surface area contributed by atoms with Crippen LogP contribution in [0.4, 0.5) is 0 Å². The molecular weight excluding hydrogens is 184 g/mol. The minimum absolute atomic E-state index is 0.677. The van der Waals surface area contributed by atoms with Crippen LogP contribution in [-0.2, 0) is 4.74 Å². The fourth-order valence-electron chi connectivity index (χ4n) is 6.49. The zero-order valence-corrected chi connectivity index (χ0v) is 9.49. The zero-order chi connectivity index (χ0) is 9.78. The summed E-state index contributed by atoms with van der Waals surface area (Å²) >= 11 is 0. The molecule has 8 bridgehead atoms. The summed E-state index contributed by atoms with van der Waals surface area (Å²) in [6.07, 6.45) is 8.78. The zero-order valence-electron chi connectivity index (χ0n) is 9.49. The molecule has 2 saturated heterocycles. The Morgan fingerprint density at radius 1 is 0.867 bits per heavy atom. The second-order valence-corrected chi connectivity index (χ2v) is 7.44. The van der Waals surface area contributed by atoms with Gasteiger partial charge in [-0.3, -0.25) is 0 Å². The molecule has 5 saturated carbocycles. The van der Waals surface area contributed by atoms with Crippen molar-refractivity contribution < 1.29 is 4.74 Å². The lowest BCUT2D eigenvalue weighted by Gasteiger charge is -2.71. The van der Waals surface area contributed by atoms with Crippen LogP contribution < -0.4 is 0 Å². The third-order valence-corrected chi connectivity index (χ3v) is 6.65. The van der Waals surface area contributed by atoms with Crippen molar-refractivity contribution in [3.05, 3.63) is 0 Å². The topological polar surface area (TPSA) is 9.23 Å². The van der Waals surface area contributed by atoms with Gasteiger partial charge in [-0.1, -0.05) is 6.92 Å². The van der Waals surface area contributed by atoms with E-state index in [9.17, 15) is 0 Å². The van der Waals surface area contributed by atoms with Crippen molar-refractivity contribution >= 4 is 0 Å². The highest BCUT2D eigenvalue weighted by atomic mass is 16.5. The molecule has 4 atom stereocenters. The minimum atomic E-state index is 0.677. The quantitative estimate of drug-likeness (QED) is 0.589. The molecule has 7 fully saturated rings. The van der Waals surface area contributed by atoms with Crippen molar-refractivity contribution in [3.8, 4) is 0 Å². The van der Waals surface area contributed by atoms with Crippen LogP contribution in [0, 0.1) is 35.0 Å². The van der Waals surface area contributed by atoms with Crippen molar-refractivity contribution in [1.82, 2.24) is 0 Å². The van der Waals surface area contributed by atoms with E-state index in [4.69, 9.17) is 4.74 Å². The lowest BCUT2D eigenvalue weighted by Crippen LogP contribution is -2.68. The molecule has 0 aromatic heterocycles. The van der Waals surface area contributed by atoms with Crippen molar-refractivity contribution in [2.75, 3.05) is 0 Å². The van der Waals surface area contributed by atoms with Crippen molar-refractivity contribution in [2.24, 2.45) is 35.0 Å². The van der Waals surface area contributed by atoms with Crippen molar-refractivity contribution in [2.45, 2.75) is 51.2 Å². The highest BCUT2D eigenvalue weighted by molar-refractivity contribution is 5.15. The number of ether oxygens (including phenoxy) is 1. The fourth-order valence-corrected chi connectivity index (χ4v) is 6.49. The average Bonchev–Trinajstić information content (AvgIpc) is 2.23. The first-order valence-electron chi connectivity index (χ1n) is 6.89. The summed E-state index contributed by atoms with van der Waals surface area (Å²) in [5.74, 6) is 5.22. The van der Waals surface area contributed by atoms with Crippen LogP contribution in [0.25, 0.3) is 0 Å². The summed E-state index contributed by atoms with van der Waals surface area (Å²) in [6, 6.07) is 0. The molecule has 0 aromatic carbocycles. The van der Waals surface area contributed by atoms with Crippen molar-refractivity contribution in [3.63, 3.8) is 0 Å². The molecule has 82 valence electrons. The van der Waals surface area contributed by atoms with Crippen LogP contribution in [0.3, 0.4) is 0 Å². The monoisotopic (exact) mass is 204 g/mol. The van der Waals surface area contributed by atoms with Gasteiger partial charge in [-0.2, -0.15) is 0 Å². The van der Waals surface area contributed by atoms with Crippen LogP contribution in [0.1, 0.15) is 39.0 Å². The summed E-state index contributed by atoms with van der Waals surface area (Å²) < 4.78 is 6.30. The van der Waals surface area contributed by atoms with Gasteiger partial charge in [-0.05, 0) is 67.1 Å². The molecule has 0 aromatic rings. The second-order valence-electron chi connectivity index (χ2n) is 7.44. The molecule has 15 heavy (non-hydrogen) atoms. The highest BCUT2D eigenvalue weighted by Gasteiger charge is 2.67. The predicted octanol–water partition coefficient (Wildman–Crippen LogP) is 2.85. The normalized spacial score (nSPS) is 73.0. The SMILES string of the molecule is CC12CC3C4CC5CC3C(C1)C(O5)C4C2.